The van der Waals surface area contributed by atoms with Crippen LogP contribution < -0.4 is 14.2 Å². The minimum absolute atomic E-state index is 0.0215. The van der Waals surface area contributed by atoms with E-state index in [9.17, 15) is 18.0 Å². The number of nitrogens with zero attached hydrogens (tertiary/aromatic N) is 1. The summed E-state index contributed by atoms with van der Waals surface area (Å²) in [4.78, 5) is 24.9. The van der Waals surface area contributed by atoms with E-state index >= 15 is 0 Å². The molecule has 2 amide bonds. The van der Waals surface area contributed by atoms with Crippen molar-refractivity contribution in [3.05, 3.63) is 48.0 Å². The number of hydrogen-bond donors (Lipinski definition) is 1. The highest BCUT2D eigenvalue weighted by Crippen LogP contribution is 2.31. The predicted molar refractivity (Wildman–Crippen MR) is 121 cm³/mol. The molecule has 0 unspecified atom stereocenters. The smallest absolute Gasteiger partial charge is 0.339 e. The number of methoxy groups -OCH3 is 3. The molecule has 10 nitrogen and oxygen atoms in total. The Kier molecular flexibility index (Phi) is 9.64. The van der Waals surface area contributed by atoms with Crippen molar-refractivity contribution >= 4 is 27.6 Å². The molecule has 0 radical (unpaired) electrons. The highest BCUT2D eigenvalue weighted by atomic mass is 32.2. The molecule has 0 saturated heterocycles. The van der Waals surface area contributed by atoms with Gasteiger partial charge in [-0.05, 0) is 42.0 Å². The SMILES string of the molecule is COCCN(Cc1ccc(OC)c(OS(=O)(=O)c2ccc(NC(C)=O)cc2)c1)C(=O)COC. The lowest BCUT2D eigenvalue weighted by Gasteiger charge is -2.22. The van der Waals surface area contributed by atoms with Gasteiger partial charge >= 0.3 is 10.1 Å². The average molecular weight is 481 g/mol. The van der Waals surface area contributed by atoms with Crippen LogP contribution in [-0.4, -0.2) is 66.2 Å². The minimum atomic E-state index is -4.19. The van der Waals surface area contributed by atoms with Gasteiger partial charge in [-0.1, -0.05) is 6.07 Å². The van der Waals surface area contributed by atoms with Gasteiger partial charge in [-0.15, -0.1) is 0 Å². The van der Waals surface area contributed by atoms with Crippen molar-refractivity contribution in [3.63, 3.8) is 0 Å². The third kappa shape index (κ3) is 7.74. The van der Waals surface area contributed by atoms with E-state index in [4.69, 9.17) is 18.4 Å². The standard InChI is InChI=1S/C22H28N2O8S/c1-16(25)23-18-6-8-19(9-7-18)33(27,28)32-21-13-17(5-10-20(21)31-4)14-24(11-12-29-2)22(26)15-30-3/h5-10,13H,11-12,14-15H2,1-4H3,(H,23,25). The second-order valence-corrected chi connectivity index (χ2v) is 8.52. The van der Waals surface area contributed by atoms with Crippen molar-refractivity contribution in [2.24, 2.45) is 0 Å². The van der Waals surface area contributed by atoms with Gasteiger partial charge in [-0.2, -0.15) is 8.42 Å². The molecule has 0 atom stereocenters. The van der Waals surface area contributed by atoms with Gasteiger partial charge in [0.2, 0.25) is 11.8 Å². The van der Waals surface area contributed by atoms with E-state index in [0.29, 0.717) is 24.4 Å². The monoisotopic (exact) mass is 480 g/mol. The number of amides is 2. The molecule has 0 heterocycles. The van der Waals surface area contributed by atoms with E-state index in [1.807, 2.05) is 0 Å². The Hall–Kier alpha value is -3.15. The number of nitrogens with one attached hydrogen (secondary N) is 1. The van der Waals surface area contributed by atoms with Gasteiger partial charge in [0.25, 0.3) is 0 Å². The van der Waals surface area contributed by atoms with Crippen molar-refractivity contribution in [3.8, 4) is 11.5 Å². The van der Waals surface area contributed by atoms with Crippen LogP contribution in [0, 0.1) is 0 Å². The summed E-state index contributed by atoms with van der Waals surface area (Å²) in [7, 11) is 0.167. The van der Waals surface area contributed by atoms with Crippen molar-refractivity contribution in [1.29, 1.82) is 0 Å². The molecule has 1 N–H and O–H groups in total. The maximum absolute atomic E-state index is 12.8. The molecule has 0 saturated carbocycles. The number of hydrogen-bond acceptors (Lipinski definition) is 8. The molecule has 0 aromatic heterocycles. The normalized spacial score (nSPS) is 11.0. The second kappa shape index (κ2) is 12.2. The third-order valence-corrected chi connectivity index (χ3v) is 5.70. The molecule has 2 aromatic carbocycles. The molecular formula is C22H28N2O8S. The summed E-state index contributed by atoms with van der Waals surface area (Å²) in [6.45, 7) is 2.12. The first kappa shape index (κ1) is 26.1. The topological polar surface area (TPSA) is 120 Å². The van der Waals surface area contributed by atoms with Gasteiger partial charge in [0.15, 0.2) is 11.5 Å². The van der Waals surface area contributed by atoms with Crippen molar-refractivity contribution in [2.45, 2.75) is 18.4 Å². The number of carbonyl (C=O) groups excluding carboxylic acids is 2. The van der Waals surface area contributed by atoms with Gasteiger partial charge < -0.3 is 28.6 Å². The molecule has 2 rings (SSSR count). The first-order chi connectivity index (χ1) is 15.7. The summed E-state index contributed by atoms with van der Waals surface area (Å²) in [6, 6.07) is 10.3. The largest absolute Gasteiger partial charge is 0.493 e. The van der Waals surface area contributed by atoms with E-state index in [-0.39, 0.29) is 41.4 Å². The summed E-state index contributed by atoms with van der Waals surface area (Å²) in [5.41, 5.74) is 1.08. The summed E-state index contributed by atoms with van der Waals surface area (Å²) in [6.07, 6.45) is 0. The van der Waals surface area contributed by atoms with Crippen LogP contribution in [0.2, 0.25) is 0 Å². The molecule has 0 bridgehead atoms. The van der Waals surface area contributed by atoms with Crippen LogP contribution in [0.5, 0.6) is 11.5 Å². The van der Waals surface area contributed by atoms with Gasteiger partial charge in [0, 0.05) is 39.9 Å². The first-order valence-electron chi connectivity index (χ1n) is 9.95. The van der Waals surface area contributed by atoms with Crippen LogP contribution in [0.25, 0.3) is 0 Å². The molecule has 0 spiro atoms. The zero-order valence-corrected chi connectivity index (χ0v) is 19.8. The third-order valence-electron chi connectivity index (χ3n) is 4.45. The molecular weight excluding hydrogens is 452 g/mol. The summed E-state index contributed by atoms with van der Waals surface area (Å²) in [5, 5.41) is 2.56. The summed E-state index contributed by atoms with van der Waals surface area (Å²) >= 11 is 0. The summed E-state index contributed by atoms with van der Waals surface area (Å²) in [5.74, 6) is -0.317. The van der Waals surface area contributed by atoms with Gasteiger partial charge in [-0.3, -0.25) is 9.59 Å². The van der Waals surface area contributed by atoms with Crippen LogP contribution in [0.1, 0.15) is 12.5 Å². The Morgan fingerprint density at radius 1 is 0.970 bits per heavy atom. The Morgan fingerprint density at radius 3 is 2.24 bits per heavy atom. The molecule has 11 heteroatoms. The fourth-order valence-electron chi connectivity index (χ4n) is 2.89. The minimum Gasteiger partial charge on any atom is -0.493 e. The van der Waals surface area contributed by atoms with Crippen LogP contribution in [-0.2, 0) is 35.7 Å². The highest BCUT2D eigenvalue weighted by Gasteiger charge is 2.21. The zero-order valence-electron chi connectivity index (χ0n) is 19.0. The quantitative estimate of drug-likeness (QED) is 0.458. The van der Waals surface area contributed by atoms with E-state index in [0.717, 1.165) is 0 Å². The van der Waals surface area contributed by atoms with E-state index in [1.54, 1.807) is 12.1 Å². The lowest BCUT2D eigenvalue weighted by atomic mass is 10.2. The zero-order chi connectivity index (χ0) is 24.4. The van der Waals surface area contributed by atoms with Gasteiger partial charge in [0.05, 0.1) is 13.7 Å². The van der Waals surface area contributed by atoms with Crippen LogP contribution in [0.15, 0.2) is 47.4 Å². The molecule has 0 fully saturated rings. The number of anilines is 1. The Bertz CT molecular complexity index is 1050. The van der Waals surface area contributed by atoms with Gasteiger partial charge in [-0.25, -0.2) is 0 Å². The van der Waals surface area contributed by atoms with Crippen molar-refractivity contribution in [1.82, 2.24) is 4.90 Å². The molecule has 180 valence electrons. The molecule has 33 heavy (non-hydrogen) atoms. The maximum Gasteiger partial charge on any atom is 0.339 e. The Balaban J connectivity index is 2.27. The average Bonchev–Trinajstić information content (AvgIpc) is 2.76. The predicted octanol–water partition coefficient (Wildman–Crippen LogP) is 2.04. The lowest BCUT2D eigenvalue weighted by Crippen LogP contribution is -2.35. The fraction of sp³-hybridized carbons (Fsp3) is 0.364. The number of benzene rings is 2. The van der Waals surface area contributed by atoms with E-state index in [2.05, 4.69) is 5.32 Å². The second-order valence-electron chi connectivity index (χ2n) is 6.97. The lowest BCUT2D eigenvalue weighted by molar-refractivity contribution is -0.136. The molecule has 2 aromatic rings. The van der Waals surface area contributed by atoms with Crippen molar-refractivity contribution < 1.29 is 36.4 Å². The highest BCUT2D eigenvalue weighted by molar-refractivity contribution is 7.87. The van der Waals surface area contributed by atoms with Crippen LogP contribution in [0.4, 0.5) is 5.69 Å². The molecule has 0 aliphatic carbocycles. The van der Waals surface area contributed by atoms with E-state index in [1.165, 1.54) is 63.5 Å². The summed E-state index contributed by atoms with van der Waals surface area (Å²) < 4.78 is 46.2. The first-order valence-corrected chi connectivity index (χ1v) is 11.4. The van der Waals surface area contributed by atoms with Gasteiger partial charge in [0.1, 0.15) is 11.5 Å². The van der Waals surface area contributed by atoms with Crippen LogP contribution in [0.3, 0.4) is 0 Å². The number of ether oxygens (including phenoxy) is 3. The van der Waals surface area contributed by atoms with Crippen LogP contribution >= 0.6 is 0 Å². The molecule has 0 aliphatic rings. The fourth-order valence-corrected chi connectivity index (χ4v) is 3.82. The Labute approximate surface area is 193 Å². The molecule has 0 aliphatic heterocycles. The number of rotatable bonds is 12. The van der Waals surface area contributed by atoms with Crippen molar-refractivity contribution in [2.75, 3.05) is 46.4 Å². The maximum atomic E-state index is 12.8. The Morgan fingerprint density at radius 2 is 1.67 bits per heavy atom. The van der Waals surface area contributed by atoms with E-state index < -0.39 is 10.1 Å². The number of carbonyl (C=O) groups is 2.